The fraction of sp³-hybridized carbons (Fsp3) is 1.00. The molecule has 0 aromatic rings. The molecule has 0 aromatic carbocycles. The van der Waals surface area contributed by atoms with Crippen LogP contribution in [0.3, 0.4) is 0 Å². The molecular weight excluding hydrogens is 130 g/mol. The third kappa shape index (κ3) is 0.856. The predicted octanol–water partition coefficient (Wildman–Crippen LogP) is -0.201. The van der Waals surface area contributed by atoms with Gasteiger partial charge in [-0.1, -0.05) is 0 Å². The number of hydrogen-bond donors (Lipinski definition) is 1. The maximum atomic E-state index is 8.85. The molecule has 2 saturated heterocycles. The predicted molar refractivity (Wildman–Crippen MR) is 36.6 cm³/mol. The highest BCUT2D eigenvalue weighted by Crippen LogP contribution is 2.27. The lowest BCUT2D eigenvalue weighted by molar-refractivity contribution is -0.175. The molecule has 0 bridgehead atoms. The van der Waals surface area contributed by atoms with Crippen molar-refractivity contribution in [3.63, 3.8) is 0 Å². The molecule has 2 heterocycles. The Balaban J connectivity index is 1.94. The van der Waals surface area contributed by atoms with Crippen molar-refractivity contribution in [1.82, 2.24) is 4.90 Å². The van der Waals surface area contributed by atoms with Gasteiger partial charge in [0.1, 0.15) is 6.23 Å². The highest BCUT2D eigenvalue weighted by molar-refractivity contribution is 4.87. The summed E-state index contributed by atoms with van der Waals surface area (Å²) in [6.45, 7) is 2.08. The highest BCUT2D eigenvalue weighted by atomic mass is 16.5. The first-order valence-electron chi connectivity index (χ1n) is 3.90. The van der Waals surface area contributed by atoms with E-state index in [4.69, 9.17) is 9.84 Å². The van der Waals surface area contributed by atoms with E-state index in [0.717, 1.165) is 19.6 Å². The molecule has 58 valence electrons. The summed E-state index contributed by atoms with van der Waals surface area (Å²) in [7, 11) is 0. The molecule has 0 saturated carbocycles. The number of aliphatic hydroxyl groups excluding tert-OH is 1. The van der Waals surface area contributed by atoms with Gasteiger partial charge in [0.25, 0.3) is 0 Å². The number of nitrogens with zero attached hydrogens (tertiary/aromatic N) is 1. The van der Waals surface area contributed by atoms with Crippen LogP contribution >= 0.6 is 0 Å². The summed E-state index contributed by atoms with van der Waals surface area (Å²) >= 11 is 0. The number of hydrogen-bond acceptors (Lipinski definition) is 3. The van der Waals surface area contributed by atoms with Crippen molar-refractivity contribution in [1.29, 1.82) is 0 Å². The van der Waals surface area contributed by atoms with Crippen LogP contribution in [-0.4, -0.2) is 42.0 Å². The second-order valence-corrected chi connectivity index (χ2v) is 2.98. The maximum Gasteiger partial charge on any atom is 0.134 e. The normalized spacial score (nSPS) is 40.5. The molecule has 2 fully saturated rings. The van der Waals surface area contributed by atoms with Crippen LogP contribution in [0.25, 0.3) is 0 Å². The van der Waals surface area contributed by atoms with E-state index in [1.54, 1.807) is 0 Å². The fourth-order valence-electron chi connectivity index (χ4n) is 1.74. The van der Waals surface area contributed by atoms with Crippen LogP contribution in [0.2, 0.25) is 0 Å². The standard InChI is InChI=1S/C7H13NO2/c9-5-7-8-3-1-6(8)2-4-10-7/h6-7,9H,1-5H2. The van der Waals surface area contributed by atoms with E-state index < -0.39 is 0 Å². The zero-order valence-corrected chi connectivity index (χ0v) is 5.99. The van der Waals surface area contributed by atoms with Crippen molar-refractivity contribution in [2.45, 2.75) is 25.1 Å². The van der Waals surface area contributed by atoms with Gasteiger partial charge in [-0.2, -0.15) is 0 Å². The van der Waals surface area contributed by atoms with Crippen LogP contribution in [0.5, 0.6) is 0 Å². The Kier molecular flexibility index (Phi) is 1.64. The van der Waals surface area contributed by atoms with Crippen LogP contribution in [0.1, 0.15) is 12.8 Å². The number of rotatable bonds is 1. The largest absolute Gasteiger partial charge is 0.392 e. The summed E-state index contributed by atoms with van der Waals surface area (Å²) in [6, 6.07) is 0.714. The molecule has 10 heavy (non-hydrogen) atoms. The summed E-state index contributed by atoms with van der Waals surface area (Å²) in [5, 5.41) is 8.85. The van der Waals surface area contributed by atoms with Crippen molar-refractivity contribution in [2.75, 3.05) is 19.8 Å². The Morgan fingerprint density at radius 1 is 1.50 bits per heavy atom. The van der Waals surface area contributed by atoms with Gasteiger partial charge in [-0.25, -0.2) is 0 Å². The van der Waals surface area contributed by atoms with Crippen LogP contribution < -0.4 is 0 Å². The lowest BCUT2D eigenvalue weighted by Crippen LogP contribution is -2.58. The minimum Gasteiger partial charge on any atom is -0.392 e. The van der Waals surface area contributed by atoms with Crippen molar-refractivity contribution in [2.24, 2.45) is 0 Å². The fourth-order valence-corrected chi connectivity index (χ4v) is 1.74. The molecular formula is C7H13NO2. The molecule has 0 amide bonds. The van der Waals surface area contributed by atoms with Gasteiger partial charge in [0, 0.05) is 12.6 Å². The Hall–Kier alpha value is -0.120. The summed E-state index contributed by atoms with van der Waals surface area (Å²) in [4.78, 5) is 2.24. The van der Waals surface area contributed by atoms with Gasteiger partial charge in [-0.3, -0.25) is 4.90 Å². The van der Waals surface area contributed by atoms with Crippen LogP contribution in [-0.2, 0) is 4.74 Å². The van der Waals surface area contributed by atoms with Crippen molar-refractivity contribution < 1.29 is 9.84 Å². The van der Waals surface area contributed by atoms with Crippen LogP contribution in [0.15, 0.2) is 0 Å². The first-order chi connectivity index (χ1) is 4.92. The second kappa shape index (κ2) is 2.49. The Morgan fingerprint density at radius 2 is 2.40 bits per heavy atom. The molecule has 0 radical (unpaired) electrons. The van der Waals surface area contributed by atoms with Crippen LogP contribution in [0.4, 0.5) is 0 Å². The third-order valence-electron chi connectivity index (χ3n) is 2.48. The zero-order chi connectivity index (χ0) is 6.97. The lowest BCUT2D eigenvalue weighted by atomic mass is 9.98. The van der Waals surface area contributed by atoms with Crippen molar-refractivity contribution in [3.05, 3.63) is 0 Å². The Bertz CT molecular complexity index is 127. The number of aliphatic hydroxyl groups is 1. The molecule has 0 aromatic heterocycles. The second-order valence-electron chi connectivity index (χ2n) is 2.98. The molecule has 1 N–H and O–H groups in total. The molecule has 3 heteroatoms. The van der Waals surface area contributed by atoms with Gasteiger partial charge in [0.15, 0.2) is 0 Å². The third-order valence-corrected chi connectivity index (χ3v) is 2.48. The number of fused-ring (bicyclic) bond motifs is 1. The van der Waals surface area contributed by atoms with Gasteiger partial charge in [0.05, 0.1) is 13.2 Å². The van der Waals surface area contributed by atoms with Gasteiger partial charge in [-0.15, -0.1) is 0 Å². The van der Waals surface area contributed by atoms with E-state index in [1.807, 2.05) is 0 Å². The van der Waals surface area contributed by atoms with Gasteiger partial charge >= 0.3 is 0 Å². The first kappa shape index (κ1) is 6.58. The maximum absolute atomic E-state index is 8.85. The molecule has 3 nitrogen and oxygen atoms in total. The van der Waals surface area contributed by atoms with E-state index in [0.29, 0.717) is 6.04 Å². The molecule has 0 aliphatic carbocycles. The molecule has 2 aliphatic rings. The van der Waals surface area contributed by atoms with E-state index in [1.165, 1.54) is 6.42 Å². The highest BCUT2D eigenvalue weighted by Gasteiger charge is 2.36. The lowest BCUT2D eigenvalue weighted by Gasteiger charge is -2.48. The summed E-state index contributed by atoms with van der Waals surface area (Å²) in [5.74, 6) is 0. The van der Waals surface area contributed by atoms with Gasteiger partial charge in [0.2, 0.25) is 0 Å². The SMILES string of the molecule is OCC1OCCC2CCN21. The smallest absolute Gasteiger partial charge is 0.134 e. The average Bonchev–Trinajstić information content (AvgIpc) is 1.91. The monoisotopic (exact) mass is 143 g/mol. The Labute approximate surface area is 60.6 Å². The summed E-state index contributed by atoms with van der Waals surface area (Å²) in [5.41, 5.74) is 0. The summed E-state index contributed by atoms with van der Waals surface area (Å²) < 4.78 is 5.34. The first-order valence-corrected chi connectivity index (χ1v) is 3.90. The minimum atomic E-state index is 0.00694. The van der Waals surface area contributed by atoms with Crippen molar-refractivity contribution >= 4 is 0 Å². The van der Waals surface area contributed by atoms with E-state index >= 15 is 0 Å². The molecule has 2 rings (SSSR count). The topological polar surface area (TPSA) is 32.7 Å². The quantitative estimate of drug-likeness (QED) is 0.551. The summed E-state index contributed by atoms with van der Waals surface area (Å²) in [6.07, 6.45) is 2.45. The zero-order valence-electron chi connectivity index (χ0n) is 5.99. The number of ether oxygens (including phenoxy) is 1. The van der Waals surface area contributed by atoms with E-state index in [9.17, 15) is 0 Å². The van der Waals surface area contributed by atoms with Gasteiger partial charge < -0.3 is 9.84 Å². The van der Waals surface area contributed by atoms with Gasteiger partial charge in [-0.05, 0) is 12.8 Å². The van der Waals surface area contributed by atoms with Crippen LogP contribution in [0, 0.1) is 0 Å². The Morgan fingerprint density at radius 3 is 2.90 bits per heavy atom. The molecule has 0 spiro atoms. The average molecular weight is 143 g/mol. The van der Waals surface area contributed by atoms with E-state index in [-0.39, 0.29) is 12.8 Å². The molecule has 2 aliphatic heterocycles. The van der Waals surface area contributed by atoms with Crippen molar-refractivity contribution in [3.8, 4) is 0 Å². The minimum absolute atomic E-state index is 0.00694. The molecule has 2 unspecified atom stereocenters. The van der Waals surface area contributed by atoms with E-state index in [2.05, 4.69) is 4.90 Å². The molecule has 2 atom stereocenters.